The molecule has 1 rings (SSSR count). The van der Waals surface area contributed by atoms with E-state index < -0.39 is 0 Å². The van der Waals surface area contributed by atoms with Crippen LogP contribution in [0.15, 0.2) is 18.2 Å². The predicted octanol–water partition coefficient (Wildman–Crippen LogP) is 4.57. The summed E-state index contributed by atoms with van der Waals surface area (Å²) in [5.41, 5.74) is 0.981. The molecule has 0 bridgehead atoms. The molecule has 0 radical (unpaired) electrons. The molecule has 1 aromatic carbocycles. The molecule has 2 atom stereocenters. The summed E-state index contributed by atoms with van der Waals surface area (Å²) in [7, 11) is 0. The van der Waals surface area contributed by atoms with Crippen molar-refractivity contribution in [2.24, 2.45) is 5.92 Å². The maximum absolute atomic E-state index is 13.4. The van der Waals surface area contributed by atoms with E-state index in [4.69, 9.17) is 11.6 Å². The fourth-order valence-corrected chi connectivity index (χ4v) is 2.00. The van der Waals surface area contributed by atoms with Gasteiger partial charge in [0.05, 0.1) is 5.02 Å². The van der Waals surface area contributed by atoms with Gasteiger partial charge in [-0.1, -0.05) is 44.9 Å². The Kier molecular flexibility index (Phi) is 5.93. The quantitative estimate of drug-likeness (QED) is 0.787. The highest BCUT2D eigenvalue weighted by Crippen LogP contribution is 2.25. The van der Waals surface area contributed by atoms with Gasteiger partial charge in [0.15, 0.2) is 0 Å². The van der Waals surface area contributed by atoms with E-state index in [1.165, 1.54) is 6.07 Å². The van der Waals surface area contributed by atoms with Crippen molar-refractivity contribution in [2.75, 3.05) is 6.54 Å². The van der Waals surface area contributed by atoms with Crippen molar-refractivity contribution in [3.05, 3.63) is 34.6 Å². The zero-order valence-corrected chi connectivity index (χ0v) is 11.5. The van der Waals surface area contributed by atoms with E-state index in [1.807, 2.05) is 6.07 Å². The molecule has 0 heterocycles. The third kappa shape index (κ3) is 4.29. The minimum absolute atomic E-state index is 0.188. The van der Waals surface area contributed by atoms with Crippen molar-refractivity contribution in [1.29, 1.82) is 0 Å². The van der Waals surface area contributed by atoms with Gasteiger partial charge in [0.1, 0.15) is 5.82 Å². The van der Waals surface area contributed by atoms with Gasteiger partial charge in [0.25, 0.3) is 0 Å². The van der Waals surface area contributed by atoms with E-state index in [9.17, 15) is 4.39 Å². The van der Waals surface area contributed by atoms with Crippen LogP contribution in [0.4, 0.5) is 4.39 Å². The fraction of sp³-hybridized carbons (Fsp3) is 0.571. The van der Waals surface area contributed by atoms with Crippen molar-refractivity contribution < 1.29 is 4.39 Å². The van der Waals surface area contributed by atoms with Crippen LogP contribution in [0.3, 0.4) is 0 Å². The Morgan fingerprint density at radius 1 is 1.35 bits per heavy atom. The second kappa shape index (κ2) is 6.97. The average molecular weight is 258 g/mol. The Balaban J connectivity index is 2.84. The number of hydrogen-bond acceptors (Lipinski definition) is 1. The van der Waals surface area contributed by atoms with Gasteiger partial charge in [-0.15, -0.1) is 0 Å². The van der Waals surface area contributed by atoms with Gasteiger partial charge >= 0.3 is 0 Å². The normalized spacial score (nSPS) is 14.6. The fourth-order valence-electron chi connectivity index (χ4n) is 1.88. The molecular weight excluding hydrogens is 237 g/mol. The van der Waals surface area contributed by atoms with E-state index in [2.05, 4.69) is 26.1 Å². The van der Waals surface area contributed by atoms with E-state index in [0.29, 0.717) is 5.92 Å². The average Bonchev–Trinajstić information content (AvgIpc) is 2.32. The Hall–Kier alpha value is -0.600. The van der Waals surface area contributed by atoms with Crippen LogP contribution in [0.5, 0.6) is 0 Å². The number of hydrogen-bond donors (Lipinski definition) is 1. The molecule has 1 aromatic rings. The van der Waals surface area contributed by atoms with Gasteiger partial charge in [-0.3, -0.25) is 0 Å². The summed E-state index contributed by atoms with van der Waals surface area (Å²) in [6.45, 7) is 7.34. The molecule has 1 N–H and O–H groups in total. The van der Waals surface area contributed by atoms with Crippen LogP contribution in [0.25, 0.3) is 0 Å². The standard InChI is InChI=1S/C14H21ClFN/c1-4-10(3)8-14(17-5-2)11-6-7-12(15)13(16)9-11/h6-7,9-10,14,17H,4-5,8H2,1-3H3. The van der Waals surface area contributed by atoms with Crippen LogP contribution >= 0.6 is 11.6 Å². The second-order valence-corrected chi connectivity index (χ2v) is 4.94. The maximum atomic E-state index is 13.4. The highest BCUT2D eigenvalue weighted by molar-refractivity contribution is 6.30. The summed E-state index contributed by atoms with van der Waals surface area (Å²) < 4.78 is 13.4. The molecule has 0 fully saturated rings. The lowest BCUT2D eigenvalue weighted by atomic mass is 9.94. The lowest BCUT2D eigenvalue weighted by Gasteiger charge is -2.21. The summed E-state index contributed by atoms with van der Waals surface area (Å²) in [4.78, 5) is 0. The molecule has 0 spiro atoms. The smallest absolute Gasteiger partial charge is 0.142 e. The topological polar surface area (TPSA) is 12.0 Å². The zero-order valence-electron chi connectivity index (χ0n) is 10.8. The monoisotopic (exact) mass is 257 g/mol. The van der Waals surface area contributed by atoms with Gasteiger partial charge in [0.2, 0.25) is 0 Å². The lowest BCUT2D eigenvalue weighted by molar-refractivity contribution is 0.407. The first-order valence-corrected chi connectivity index (χ1v) is 6.64. The molecule has 0 aliphatic heterocycles. The van der Waals surface area contributed by atoms with Crippen LogP contribution in [0.2, 0.25) is 5.02 Å². The Morgan fingerprint density at radius 2 is 2.06 bits per heavy atom. The first-order valence-electron chi connectivity index (χ1n) is 6.26. The summed E-state index contributed by atoms with van der Waals surface area (Å²) >= 11 is 5.70. The van der Waals surface area contributed by atoms with Crippen molar-refractivity contribution in [2.45, 2.75) is 39.7 Å². The van der Waals surface area contributed by atoms with Crippen LogP contribution in [-0.4, -0.2) is 6.54 Å². The third-order valence-corrected chi connectivity index (χ3v) is 3.44. The Bertz CT molecular complexity index is 354. The second-order valence-electron chi connectivity index (χ2n) is 4.53. The molecule has 0 aliphatic rings. The van der Waals surface area contributed by atoms with Gasteiger partial charge in [-0.25, -0.2) is 4.39 Å². The van der Waals surface area contributed by atoms with Gasteiger partial charge in [0, 0.05) is 6.04 Å². The number of rotatable bonds is 6. The minimum atomic E-state index is -0.337. The van der Waals surface area contributed by atoms with E-state index in [1.54, 1.807) is 6.07 Å². The highest BCUT2D eigenvalue weighted by atomic mass is 35.5. The molecule has 1 nitrogen and oxygen atoms in total. The largest absolute Gasteiger partial charge is 0.310 e. The molecule has 3 heteroatoms. The predicted molar refractivity (Wildman–Crippen MR) is 71.9 cm³/mol. The molecule has 0 amide bonds. The number of halogens is 2. The summed E-state index contributed by atoms with van der Waals surface area (Å²) in [5.74, 6) is 0.286. The van der Waals surface area contributed by atoms with Crippen LogP contribution < -0.4 is 5.32 Å². The number of benzene rings is 1. The summed E-state index contributed by atoms with van der Waals surface area (Å²) in [5, 5.41) is 3.59. The van der Waals surface area contributed by atoms with Crippen molar-refractivity contribution in [3.63, 3.8) is 0 Å². The van der Waals surface area contributed by atoms with Crippen molar-refractivity contribution in [1.82, 2.24) is 5.32 Å². The molecular formula is C14H21ClFN. The van der Waals surface area contributed by atoms with Gasteiger partial charge in [-0.2, -0.15) is 0 Å². The molecule has 0 saturated heterocycles. The first kappa shape index (κ1) is 14.5. The third-order valence-electron chi connectivity index (χ3n) is 3.13. The van der Waals surface area contributed by atoms with Crippen LogP contribution in [0, 0.1) is 11.7 Å². The minimum Gasteiger partial charge on any atom is -0.310 e. The van der Waals surface area contributed by atoms with Crippen molar-refractivity contribution in [3.8, 4) is 0 Å². The number of nitrogens with one attached hydrogen (secondary N) is 1. The van der Waals surface area contributed by atoms with E-state index in [0.717, 1.165) is 24.9 Å². The van der Waals surface area contributed by atoms with Crippen LogP contribution in [-0.2, 0) is 0 Å². The molecule has 2 unspecified atom stereocenters. The highest BCUT2D eigenvalue weighted by Gasteiger charge is 2.14. The zero-order chi connectivity index (χ0) is 12.8. The van der Waals surface area contributed by atoms with Crippen molar-refractivity contribution >= 4 is 11.6 Å². The molecule has 0 saturated carbocycles. The Morgan fingerprint density at radius 3 is 2.59 bits per heavy atom. The molecule has 0 aromatic heterocycles. The van der Waals surface area contributed by atoms with E-state index in [-0.39, 0.29) is 16.9 Å². The molecule has 96 valence electrons. The summed E-state index contributed by atoms with van der Waals surface area (Å²) in [6, 6.07) is 5.29. The van der Waals surface area contributed by atoms with Gasteiger partial charge < -0.3 is 5.32 Å². The molecule has 0 aliphatic carbocycles. The maximum Gasteiger partial charge on any atom is 0.142 e. The van der Waals surface area contributed by atoms with E-state index >= 15 is 0 Å². The van der Waals surface area contributed by atoms with Crippen LogP contribution in [0.1, 0.15) is 45.2 Å². The Labute approximate surface area is 108 Å². The van der Waals surface area contributed by atoms with Gasteiger partial charge in [-0.05, 0) is 36.6 Å². The SMILES string of the molecule is CCNC(CC(C)CC)c1ccc(Cl)c(F)c1. The first-order chi connectivity index (χ1) is 8.08. The lowest BCUT2D eigenvalue weighted by Crippen LogP contribution is -2.23. The summed E-state index contributed by atoms with van der Waals surface area (Å²) in [6.07, 6.45) is 2.16. The molecule has 17 heavy (non-hydrogen) atoms.